The lowest BCUT2D eigenvalue weighted by Gasteiger charge is -2.24. The Kier molecular flexibility index (Phi) is 3.53. The first-order valence-electron chi connectivity index (χ1n) is 6.47. The first-order valence-corrected chi connectivity index (χ1v) is 7.83. The molecular formula is C14H17ClN2S. The second kappa shape index (κ2) is 5.14. The molecule has 2 unspecified atom stereocenters. The highest BCUT2D eigenvalue weighted by Gasteiger charge is 2.31. The van der Waals surface area contributed by atoms with E-state index in [1.165, 1.54) is 25.0 Å². The number of amidine groups is 1. The summed E-state index contributed by atoms with van der Waals surface area (Å²) in [4.78, 5) is 4.84. The Labute approximate surface area is 117 Å². The third-order valence-corrected chi connectivity index (χ3v) is 5.33. The van der Waals surface area contributed by atoms with Crippen molar-refractivity contribution < 1.29 is 0 Å². The lowest BCUT2D eigenvalue weighted by atomic mass is 10.1. The largest absolute Gasteiger partial charge is 0.335 e. The SMILES string of the molecule is Cc1c(Cl)cccc1NC1=NC2CCCC2CS1. The summed E-state index contributed by atoms with van der Waals surface area (Å²) in [6, 6.07) is 6.51. The Balaban J connectivity index is 1.78. The molecule has 0 aromatic heterocycles. The fourth-order valence-corrected chi connectivity index (χ4v) is 4.01. The van der Waals surface area contributed by atoms with Crippen molar-refractivity contribution in [3.63, 3.8) is 0 Å². The minimum atomic E-state index is 0.549. The summed E-state index contributed by atoms with van der Waals surface area (Å²) in [5.41, 5.74) is 2.17. The van der Waals surface area contributed by atoms with E-state index in [1.807, 2.05) is 30.8 Å². The van der Waals surface area contributed by atoms with Crippen LogP contribution in [0.1, 0.15) is 24.8 Å². The van der Waals surface area contributed by atoms with Crippen LogP contribution in [0, 0.1) is 12.8 Å². The van der Waals surface area contributed by atoms with Gasteiger partial charge >= 0.3 is 0 Å². The van der Waals surface area contributed by atoms with E-state index in [4.69, 9.17) is 16.6 Å². The molecular weight excluding hydrogens is 264 g/mol. The van der Waals surface area contributed by atoms with Gasteiger partial charge in [-0.3, -0.25) is 4.99 Å². The van der Waals surface area contributed by atoms with Crippen molar-refractivity contribution in [2.75, 3.05) is 11.1 Å². The number of nitrogens with one attached hydrogen (secondary N) is 1. The monoisotopic (exact) mass is 280 g/mol. The maximum atomic E-state index is 6.13. The lowest BCUT2D eigenvalue weighted by molar-refractivity contribution is 0.535. The molecule has 1 N–H and O–H groups in total. The third-order valence-electron chi connectivity index (χ3n) is 3.85. The van der Waals surface area contributed by atoms with Gasteiger partial charge in [0.15, 0.2) is 5.17 Å². The van der Waals surface area contributed by atoms with Crippen LogP contribution in [0.5, 0.6) is 0 Å². The number of aliphatic imine (C=N–C) groups is 1. The molecule has 2 nitrogen and oxygen atoms in total. The van der Waals surface area contributed by atoms with Crippen LogP contribution in [0.4, 0.5) is 5.69 Å². The van der Waals surface area contributed by atoms with Crippen LogP contribution in [0.2, 0.25) is 5.02 Å². The van der Waals surface area contributed by atoms with Crippen molar-refractivity contribution in [3.8, 4) is 0 Å². The summed E-state index contributed by atoms with van der Waals surface area (Å²) < 4.78 is 0. The van der Waals surface area contributed by atoms with Gasteiger partial charge in [0.25, 0.3) is 0 Å². The van der Waals surface area contributed by atoms with Crippen molar-refractivity contribution in [2.45, 2.75) is 32.2 Å². The van der Waals surface area contributed by atoms with Crippen molar-refractivity contribution in [2.24, 2.45) is 10.9 Å². The molecule has 18 heavy (non-hydrogen) atoms. The van der Waals surface area contributed by atoms with E-state index >= 15 is 0 Å². The van der Waals surface area contributed by atoms with Crippen LogP contribution in [-0.2, 0) is 0 Å². The van der Waals surface area contributed by atoms with E-state index in [2.05, 4.69) is 11.4 Å². The number of nitrogens with zero attached hydrogens (tertiary/aromatic N) is 1. The number of hydrogen-bond donors (Lipinski definition) is 1. The van der Waals surface area contributed by atoms with Crippen molar-refractivity contribution in [3.05, 3.63) is 28.8 Å². The Hall–Kier alpha value is -0.670. The predicted molar refractivity (Wildman–Crippen MR) is 80.8 cm³/mol. The Morgan fingerprint density at radius 2 is 2.28 bits per heavy atom. The molecule has 4 heteroatoms. The number of rotatable bonds is 1. The number of anilines is 1. The number of fused-ring (bicyclic) bond motifs is 1. The molecule has 0 radical (unpaired) electrons. The molecule has 1 aliphatic heterocycles. The maximum Gasteiger partial charge on any atom is 0.161 e. The fourth-order valence-electron chi connectivity index (χ4n) is 2.68. The standard InChI is InChI=1S/C14H17ClN2S/c1-9-11(15)5-3-6-12(9)16-14-17-13-7-2-4-10(13)8-18-14/h3,5-6,10,13H,2,4,7-8H2,1H3,(H,16,17). The molecule has 96 valence electrons. The molecule has 2 atom stereocenters. The highest BCUT2D eigenvalue weighted by atomic mass is 35.5. The summed E-state index contributed by atoms with van der Waals surface area (Å²) in [6.07, 6.45) is 3.94. The van der Waals surface area contributed by atoms with Crippen molar-refractivity contribution in [1.29, 1.82) is 0 Å². The van der Waals surface area contributed by atoms with E-state index < -0.39 is 0 Å². The number of halogens is 1. The average Bonchev–Trinajstić information content (AvgIpc) is 2.82. The molecule has 0 amide bonds. The van der Waals surface area contributed by atoms with E-state index in [0.29, 0.717) is 6.04 Å². The molecule has 1 saturated carbocycles. The van der Waals surface area contributed by atoms with Crippen LogP contribution in [0.15, 0.2) is 23.2 Å². The van der Waals surface area contributed by atoms with Crippen molar-refractivity contribution >= 4 is 34.2 Å². The minimum Gasteiger partial charge on any atom is -0.335 e. The average molecular weight is 281 g/mol. The van der Waals surface area contributed by atoms with Crippen LogP contribution < -0.4 is 5.32 Å². The number of thioether (sulfide) groups is 1. The smallest absolute Gasteiger partial charge is 0.161 e. The van der Waals surface area contributed by atoms with Gasteiger partial charge in [-0.2, -0.15) is 0 Å². The molecule has 2 aliphatic rings. The third kappa shape index (κ3) is 2.39. The van der Waals surface area contributed by atoms with E-state index in [9.17, 15) is 0 Å². The van der Waals surface area contributed by atoms with Gasteiger partial charge in [-0.25, -0.2) is 0 Å². The van der Waals surface area contributed by atoms with E-state index in [0.717, 1.165) is 27.4 Å². The molecule has 1 aliphatic carbocycles. The lowest BCUT2D eigenvalue weighted by Crippen LogP contribution is -2.25. The van der Waals surface area contributed by atoms with E-state index in [1.54, 1.807) is 0 Å². The van der Waals surface area contributed by atoms with Crippen LogP contribution in [0.3, 0.4) is 0 Å². The van der Waals surface area contributed by atoms with Gasteiger partial charge in [0.1, 0.15) is 0 Å². The first kappa shape index (κ1) is 12.4. The molecule has 0 spiro atoms. The van der Waals surface area contributed by atoms with Crippen LogP contribution in [0.25, 0.3) is 0 Å². The predicted octanol–water partition coefficient (Wildman–Crippen LogP) is 4.33. The Morgan fingerprint density at radius 3 is 3.17 bits per heavy atom. The summed E-state index contributed by atoms with van der Waals surface area (Å²) >= 11 is 7.98. The minimum absolute atomic E-state index is 0.549. The zero-order valence-corrected chi connectivity index (χ0v) is 12.0. The molecule has 1 fully saturated rings. The highest BCUT2D eigenvalue weighted by molar-refractivity contribution is 8.14. The molecule has 0 saturated heterocycles. The quantitative estimate of drug-likeness (QED) is 0.828. The molecule has 1 aromatic carbocycles. The van der Waals surface area contributed by atoms with E-state index in [-0.39, 0.29) is 0 Å². The topological polar surface area (TPSA) is 24.4 Å². The number of hydrogen-bond acceptors (Lipinski definition) is 3. The summed E-state index contributed by atoms with van der Waals surface area (Å²) in [5, 5.41) is 5.30. The number of benzene rings is 1. The highest BCUT2D eigenvalue weighted by Crippen LogP contribution is 2.36. The summed E-state index contributed by atoms with van der Waals surface area (Å²) in [6.45, 7) is 2.04. The second-order valence-corrected chi connectivity index (χ2v) is 6.46. The summed E-state index contributed by atoms with van der Waals surface area (Å²) in [7, 11) is 0. The molecule has 0 bridgehead atoms. The molecule has 1 aromatic rings. The van der Waals surface area contributed by atoms with Gasteiger partial charge < -0.3 is 5.32 Å². The molecule has 1 heterocycles. The normalized spacial score (nSPS) is 26.7. The fraction of sp³-hybridized carbons (Fsp3) is 0.500. The van der Waals surface area contributed by atoms with Gasteiger partial charge in [0.05, 0.1) is 6.04 Å². The van der Waals surface area contributed by atoms with Gasteiger partial charge in [-0.05, 0) is 43.4 Å². The Bertz CT molecular complexity index is 487. The van der Waals surface area contributed by atoms with Gasteiger partial charge in [0.2, 0.25) is 0 Å². The zero-order valence-electron chi connectivity index (χ0n) is 10.4. The van der Waals surface area contributed by atoms with Crippen molar-refractivity contribution in [1.82, 2.24) is 0 Å². The first-order chi connectivity index (χ1) is 8.74. The maximum absolute atomic E-state index is 6.13. The van der Waals surface area contributed by atoms with Gasteiger partial charge in [-0.15, -0.1) is 0 Å². The van der Waals surface area contributed by atoms with Crippen LogP contribution >= 0.6 is 23.4 Å². The van der Waals surface area contributed by atoms with Gasteiger partial charge in [0, 0.05) is 16.5 Å². The second-order valence-electron chi connectivity index (χ2n) is 5.04. The van der Waals surface area contributed by atoms with Crippen LogP contribution in [-0.4, -0.2) is 17.0 Å². The molecule has 3 rings (SSSR count). The van der Waals surface area contributed by atoms with Gasteiger partial charge in [-0.1, -0.05) is 35.9 Å². The Morgan fingerprint density at radius 1 is 1.39 bits per heavy atom. The summed E-state index contributed by atoms with van der Waals surface area (Å²) in [5.74, 6) is 2.01. The zero-order chi connectivity index (χ0) is 12.5.